The van der Waals surface area contributed by atoms with E-state index >= 15 is 0 Å². The average molecular weight is 208 g/mol. The molecule has 0 spiro atoms. The highest BCUT2D eigenvalue weighted by Gasteiger charge is 2.52. The molecule has 0 amide bonds. The maximum absolute atomic E-state index is 13.5. The number of hydrogen-bond acceptors (Lipinski definition) is 3. The monoisotopic (exact) mass is 208 g/mol. The summed E-state index contributed by atoms with van der Waals surface area (Å²) in [6.45, 7) is 2.15. The predicted molar refractivity (Wildman–Crippen MR) is 45.5 cm³/mol. The van der Waals surface area contributed by atoms with Gasteiger partial charge in [0.1, 0.15) is 0 Å². The van der Waals surface area contributed by atoms with Crippen LogP contribution in [0.5, 0.6) is 0 Å². The third kappa shape index (κ3) is 2.09. The lowest BCUT2D eigenvalue weighted by molar-refractivity contribution is -0.142. The Hall–Kier alpha value is -0.850. The van der Waals surface area contributed by atoms with E-state index in [-0.39, 0.29) is 0 Å². The van der Waals surface area contributed by atoms with E-state index in [1.807, 2.05) is 0 Å². The van der Waals surface area contributed by atoms with Crippen LogP contribution in [0.15, 0.2) is 0 Å². The van der Waals surface area contributed by atoms with Gasteiger partial charge in [0, 0.05) is 13.8 Å². The Morgan fingerprint density at radius 1 is 1.69 bits per heavy atom. The second-order valence-corrected chi connectivity index (χ2v) is 5.00. The van der Waals surface area contributed by atoms with Crippen molar-refractivity contribution in [2.45, 2.75) is 12.3 Å². The zero-order valence-electron chi connectivity index (χ0n) is 7.50. The van der Waals surface area contributed by atoms with Crippen molar-refractivity contribution < 1.29 is 23.4 Å². The van der Waals surface area contributed by atoms with E-state index in [2.05, 4.69) is 10.4 Å². The van der Waals surface area contributed by atoms with Gasteiger partial charge in [0.2, 0.25) is 0 Å². The van der Waals surface area contributed by atoms with Gasteiger partial charge in [-0.2, -0.15) is 0 Å². The van der Waals surface area contributed by atoms with Crippen molar-refractivity contribution in [1.82, 2.24) is 0 Å². The molecule has 0 aliphatic carbocycles. The number of carboxylic acids is 1. The van der Waals surface area contributed by atoms with E-state index in [1.54, 1.807) is 5.92 Å². The van der Waals surface area contributed by atoms with Gasteiger partial charge in [-0.05, 0) is 12.8 Å². The van der Waals surface area contributed by atoms with E-state index in [0.717, 1.165) is 13.8 Å². The molecule has 0 aliphatic heterocycles. The summed E-state index contributed by atoms with van der Waals surface area (Å²) < 4.78 is 29.2. The van der Waals surface area contributed by atoms with E-state index in [9.17, 15) is 13.8 Å². The van der Waals surface area contributed by atoms with Crippen LogP contribution in [0.25, 0.3) is 0 Å². The van der Waals surface area contributed by atoms with Crippen LogP contribution in [0.3, 0.4) is 0 Å². The molecule has 2 atom stereocenters. The zero-order chi connectivity index (χ0) is 10.7. The van der Waals surface area contributed by atoms with Crippen molar-refractivity contribution in [3.8, 4) is 11.8 Å². The third-order valence-electron chi connectivity index (χ3n) is 1.48. The van der Waals surface area contributed by atoms with Gasteiger partial charge in [-0.3, -0.25) is 4.57 Å². The Morgan fingerprint density at radius 2 is 2.15 bits per heavy atom. The van der Waals surface area contributed by atoms with Crippen molar-refractivity contribution >= 4 is 13.3 Å². The summed E-state index contributed by atoms with van der Waals surface area (Å²) in [5.74, 6) is 1.92. The van der Waals surface area contributed by atoms with Crippen LogP contribution in [-0.4, -0.2) is 30.3 Å². The maximum atomic E-state index is 13.5. The molecule has 0 fully saturated rings. The first kappa shape index (κ1) is 12.2. The highest BCUT2D eigenvalue weighted by Crippen LogP contribution is 2.56. The molecular formula is C7H10FO4P. The van der Waals surface area contributed by atoms with Crippen molar-refractivity contribution in [3.05, 3.63) is 0 Å². The summed E-state index contributed by atoms with van der Waals surface area (Å²) in [5, 5.41) is 5.39. The highest BCUT2D eigenvalue weighted by atomic mass is 31.2. The van der Waals surface area contributed by atoms with Gasteiger partial charge in [0.25, 0.3) is 7.37 Å². The summed E-state index contributed by atoms with van der Waals surface area (Å²) >= 11 is 0. The highest BCUT2D eigenvalue weighted by molar-refractivity contribution is 7.61. The molecule has 74 valence electrons. The molecule has 1 N–H and O–H groups in total. The Balaban J connectivity index is 5.35. The molecule has 4 nitrogen and oxygen atoms in total. The minimum absolute atomic E-state index is 0.894. The molecular weight excluding hydrogens is 198 g/mol. The number of hydrogen-bond donors (Lipinski definition) is 1. The number of alkyl halides is 1. The molecule has 0 aromatic heterocycles. The van der Waals surface area contributed by atoms with Gasteiger partial charge in [-0.1, -0.05) is 0 Å². The number of halogens is 1. The second kappa shape index (κ2) is 3.91. The minimum atomic E-state index is -3.91. The summed E-state index contributed by atoms with van der Waals surface area (Å²) in [5.41, 5.74) is 0. The van der Waals surface area contributed by atoms with Gasteiger partial charge >= 0.3 is 11.4 Å². The fourth-order valence-corrected chi connectivity index (χ4v) is 1.53. The van der Waals surface area contributed by atoms with E-state index < -0.39 is 18.7 Å². The molecule has 0 saturated carbocycles. The van der Waals surface area contributed by atoms with Crippen molar-refractivity contribution in [2.75, 3.05) is 13.8 Å². The first-order chi connectivity index (χ1) is 5.81. The van der Waals surface area contributed by atoms with E-state index in [4.69, 9.17) is 5.11 Å². The van der Waals surface area contributed by atoms with Gasteiger partial charge in [0.15, 0.2) is 0 Å². The Kier molecular flexibility index (Phi) is 3.65. The molecule has 0 saturated heterocycles. The molecule has 0 aromatic rings. The SMILES string of the molecule is CC#CC(F)(C(=O)O)P(C)(=O)OC. The zero-order valence-corrected chi connectivity index (χ0v) is 8.39. The molecule has 0 radical (unpaired) electrons. The van der Waals surface area contributed by atoms with Crippen molar-refractivity contribution in [2.24, 2.45) is 0 Å². The van der Waals surface area contributed by atoms with Gasteiger partial charge < -0.3 is 9.63 Å². The summed E-state index contributed by atoms with van der Waals surface area (Å²) in [4.78, 5) is 10.5. The van der Waals surface area contributed by atoms with Crippen LogP contribution in [0.2, 0.25) is 0 Å². The number of aliphatic carboxylic acids is 1. The fraction of sp³-hybridized carbons (Fsp3) is 0.571. The van der Waals surface area contributed by atoms with Crippen LogP contribution in [0.4, 0.5) is 4.39 Å². The first-order valence-electron chi connectivity index (χ1n) is 3.31. The number of carbonyl (C=O) groups is 1. The van der Waals surface area contributed by atoms with Gasteiger partial charge in [-0.15, -0.1) is 5.92 Å². The van der Waals surface area contributed by atoms with Crippen LogP contribution >= 0.6 is 7.37 Å². The smallest absolute Gasteiger partial charge is 0.364 e. The number of rotatable bonds is 3. The summed E-state index contributed by atoms with van der Waals surface area (Å²) in [6.07, 6.45) is 0. The third-order valence-corrected chi connectivity index (χ3v) is 3.60. The molecule has 0 heterocycles. The summed E-state index contributed by atoms with van der Waals surface area (Å²) in [6, 6.07) is 0. The average Bonchev–Trinajstić information content (AvgIpc) is 2.04. The predicted octanol–water partition coefficient (Wildman–Crippen LogP) is 1.31. The van der Waals surface area contributed by atoms with Crippen LogP contribution in [0.1, 0.15) is 6.92 Å². The van der Waals surface area contributed by atoms with Gasteiger partial charge in [-0.25, -0.2) is 9.18 Å². The lowest BCUT2D eigenvalue weighted by atomic mass is 10.4. The molecule has 13 heavy (non-hydrogen) atoms. The molecule has 0 aliphatic rings. The topological polar surface area (TPSA) is 63.6 Å². The molecule has 0 bridgehead atoms. The lowest BCUT2D eigenvalue weighted by Crippen LogP contribution is -2.32. The van der Waals surface area contributed by atoms with E-state index in [0.29, 0.717) is 0 Å². The van der Waals surface area contributed by atoms with E-state index in [1.165, 1.54) is 6.92 Å². The minimum Gasteiger partial charge on any atom is -0.478 e. The fourth-order valence-electron chi connectivity index (χ4n) is 0.620. The number of carboxylic acid groups (broad SMARTS) is 1. The lowest BCUT2D eigenvalue weighted by Gasteiger charge is -2.20. The molecule has 0 rings (SSSR count). The molecule has 6 heteroatoms. The van der Waals surface area contributed by atoms with Crippen molar-refractivity contribution in [1.29, 1.82) is 0 Å². The normalized spacial score (nSPS) is 19.1. The van der Waals surface area contributed by atoms with Gasteiger partial charge in [0.05, 0.1) is 0 Å². The maximum Gasteiger partial charge on any atom is 0.364 e. The first-order valence-corrected chi connectivity index (χ1v) is 5.38. The largest absolute Gasteiger partial charge is 0.478 e. The Bertz CT molecular complexity index is 316. The van der Waals surface area contributed by atoms with Crippen LogP contribution < -0.4 is 0 Å². The quantitative estimate of drug-likeness (QED) is 0.561. The van der Waals surface area contributed by atoms with Crippen LogP contribution in [-0.2, 0) is 13.9 Å². The van der Waals surface area contributed by atoms with Crippen LogP contribution in [0, 0.1) is 11.8 Å². The summed E-state index contributed by atoms with van der Waals surface area (Å²) in [7, 11) is -2.93. The Morgan fingerprint density at radius 3 is 2.38 bits per heavy atom. The Labute approximate surface area is 75.5 Å². The molecule has 0 aromatic carbocycles. The second-order valence-electron chi connectivity index (χ2n) is 2.33. The van der Waals surface area contributed by atoms with Crippen molar-refractivity contribution in [3.63, 3.8) is 0 Å². The standard InChI is InChI=1S/C7H10FO4P/c1-4-5-7(8,6(9)10)13(3,11)12-2/h1-3H3,(H,9,10). The molecule has 2 unspecified atom stereocenters.